The molecule has 3 atom stereocenters. The molecule has 0 aromatic heterocycles. The number of rotatable bonds is 6. The first-order valence-corrected chi connectivity index (χ1v) is 5.01. The van der Waals surface area contributed by atoms with Gasteiger partial charge < -0.3 is 10.5 Å². The molecule has 0 spiro atoms. The van der Waals surface area contributed by atoms with Gasteiger partial charge in [-0.1, -0.05) is 6.92 Å². The maximum absolute atomic E-state index is 5.97. The molecule has 2 N–H and O–H groups in total. The monoisotopic (exact) mass is 188 g/mol. The first-order valence-electron chi connectivity index (χ1n) is 5.01. The minimum Gasteiger partial charge on any atom is -0.383 e. The van der Waals surface area contributed by atoms with Gasteiger partial charge in [-0.25, -0.2) is 0 Å². The van der Waals surface area contributed by atoms with E-state index in [2.05, 4.69) is 32.7 Å². The number of nitrogens with two attached hydrogens (primary N) is 1. The van der Waals surface area contributed by atoms with Gasteiger partial charge in [0.1, 0.15) is 0 Å². The van der Waals surface area contributed by atoms with Crippen LogP contribution in [0.4, 0.5) is 0 Å². The maximum atomic E-state index is 5.97. The highest BCUT2D eigenvalue weighted by Crippen LogP contribution is 2.07. The molecule has 0 heterocycles. The average molecular weight is 188 g/mol. The van der Waals surface area contributed by atoms with E-state index >= 15 is 0 Å². The third-order valence-corrected chi connectivity index (χ3v) is 2.84. The molecular weight excluding hydrogens is 164 g/mol. The van der Waals surface area contributed by atoms with Crippen molar-refractivity contribution in [2.45, 2.75) is 45.3 Å². The molecule has 13 heavy (non-hydrogen) atoms. The van der Waals surface area contributed by atoms with Crippen LogP contribution in [0.5, 0.6) is 0 Å². The molecule has 80 valence electrons. The van der Waals surface area contributed by atoms with Crippen molar-refractivity contribution in [3.05, 3.63) is 0 Å². The molecule has 0 amide bonds. The minimum atomic E-state index is 0.254. The lowest BCUT2D eigenvalue weighted by Gasteiger charge is -2.33. The summed E-state index contributed by atoms with van der Waals surface area (Å²) in [5.41, 5.74) is 5.97. The van der Waals surface area contributed by atoms with E-state index in [4.69, 9.17) is 10.5 Å². The SMILES string of the molecule is CCC(N)C(C)N(C)C(C)COC. The summed E-state index contributed by atoms with van der Waals surface area (Å²) in [4.78, 5) is 2.28. The maximum Gasteiger partial charge on any atom is 0.0615 e. The second kappa shape index (κ2) is 6.35. The van der Waals surface area contributed by atoms with Crippen LogP contribution in [0, 0.1) is 0 Å². The van der Waals surface area contributed by atoms with Crippen LogP contribution in [-0.2, 0) is 4.74 Å². The molecule has 0 rings (SSSR count). The van der Waals surface area contributed by atoms with Gasteiger partial charge in [0.25, 0.3) is 0 Å². The predicted octanol–water partition coefficient (Wildman–Crippen LogP) is 1.08. The van der Waals surface area contributed by atoms with Gasteiger partial charge in [-0.05, 0) is 27.3 Å². The third kappa shape index (κ3) is 4.07. The van der Waals surface area contributed by atoms with Crippen molar-refractivity contribution in [1.29, 1.82) is 0 Å². The van der Waals surface area contributed by atoms with Crippen LogP contribution >= 0.6 is 0 Å². The van der Waals surface area contributed by atoms with Gasteiger partial charge in [0.05, 0.1) is 6.61 Å². The van der Waals surface area contributed by atoms with E-state index in [9.17, 15) is 0 Å². The summed E-state index contributed by atoms with van der Waals surface area (Å²) < 4.78 is 5.11. The topological polar surface area (TPSA) is 38.5 Å². The van der Waals surface area contributed by atoms with E-state index in [1.54, 1.807) is 7.11 Å². The standard InChI is InChI=1S/C10H24N2O/c1-6-10(11)9(3)12(4)8(2)7-13-5/h8-10H,6-7,11H2,1-5H3. The molecule has 0 radical (unpaired) electrons. The van der Waals surface area contributed by atoms with Crippen molar-refractivity contribution in [3.8, 4) is 0 Å². The Morgan fingerprint density at radius 3 is 2.31 bits per heavy atom. The number of likely N-dealkylation sites (N-methyl/N-ethyl adjacent to an activating group) is 1. The van der Waals surface area contributed by atoms with Gasteiger partial charge in [0.2, 0.25) is 0 Å². The average Bonchev–Trinajstić information content (AvgIpc) is 2.14. The summed E-state index contributed by atoms with van der Waals surface area (Å²) in [6, 6.07) is 1.09. The Balaban J connectivity index is 3.99. The van der Waals surface area contributed by atoms with E-state index in [-0.39, 0.29) is 6.04 Å². The Labute approximate surface area is 82.2 Å². The van der Waals surface area contributed by atoms with Crippen LogP contribution in [0.2, 0.25) is 0 Å². The zero-order valence-electron chi connectivity index (χ0n) is 9.58. The van der Waals surface area contributed by atoms with Crippen molar-refractivity contribution < 1.29 is 4.74 Å². The quantitative estimate of drug-likeness (QED) is 0.678. The van der Waals surface area contributed by atoms with Gasteiger partial charge in [-0.15, -0.1) is 0 Å². The molecular formula is C10H24N2O. The molecule has 3 nitrogen and oxygen atoms in total. The fourth-order valence-electron chi connectivity index (χ4n) is 1.40. The van der Waals surface area contributed by atoms with Crippen molar-refractivity contribution in [2.75, 3.05) is 20.8 Å². The van der Waals surface area contributed by atoms with Gasteiger partial charge in [0, 0.05) is 25.2 Å². The van der Waals surface area contributed by atoms with E-state index in [0.717, 1.165) is 13.0 Å². The van der Waals surface area contributed by atoms with Crippen LogP contribution in [0.1, 0.15) is 27.2 Å². The molecule has 0 aromatic rings. The highest BCUT2D eigenvalue weighted by molar-refractivity contribution is 4.78. The van der Waals surface area contributed by atoms with Crippen molar-refractivity contribution in [2.24, 2.45) is 5.73 Å². The summed E-state index contributed by atoms with van der Waals surface area (Å²) >= 11 is 0. The Hall–Kier alpha value is -0.120. The zero-order chi connectivity index (χ0) is 10.4. The lowest BCUT2D eigenvalue weighted by Crippen LogP contribution is -2.48. The Morgan fingerprint density at radius 1 is 1.38 bits per heavy atom. The first-order chi connectivity index (χ1) is 6.04. The molecule has 0 saturated carbocycles. The predicted molar refractivity (Wildman–Crippen MR) is 56.8 cm³/mol. The molecule has 0 aliphatic rings. The van der Waals surface area contributed by atoms with Crippen LogP contribution in [0.25, 0.3) is 0 Å². The summed E-state index contributed by atoms with van der Waals surface area (Å²) in [7, 11) is 3.83. The molecule has 0 saturated heterocycles. The van der Waals surface area contributed by atoms with Crippen molar-refractivity contribution in [3.63, 3.8) is 0 Å². The molecule has 0 bridgehead atoms. The summed E-state index contributed by atoms with van der Waals surface area (Å²) in [6.07, 6.45) is 1.02. The number of hydrogen-bond donors (Lipinski definition) is 1. The summed E-state index contributed by atoms with van der Waals surface area (Å²) in [6.45, 7) is 7.20. The van der Waals surface area contributed by atoms with Crippen LogP contribution < -0.4 is 5.73 Å². The number of methoxy groups -OCH3 is 1. The van der Waals surface area contributed by atoms with Gasteiger partial charge >= 0.3 is 0 Å². The number of hydrogen-bond acceptors (Lipinski definition) is 3. The van der Waals surface area contributed by atoms with E-state index in [1.165, 1.54) is 0 Å². The number of ether oxygens (including phenoxy) is 1. The minimum absolute atomic E-state index is 0.254. The Morgan fingerprint density at radius 2 is 1.92 bits per heavy atom. The van der Waals surface area contributed by atoms with Crippen LogP contribution in [0.15, 0.2) is 0 Å². The van der Waals surface area contributed by atoms with Crippen LogP contribution in [0.3, 0.4) is 0 Å². The number of nitrogens with zero attached hydrogens (tertiary/aromatic N) is 1. The molecule has 3 heteroatoms. The normalized spacial score (nSPS) is 18.7. The first kappa shape index (κ1) is 12.9. The van der Waals surface area contributed by atoms with Gasteiger partial charge in [0.15, 0.2) is 0 Å². The zero-order valence-corrected chi connectivity index (χ0v) is 9.58. The smallest absolute Gasteiger partial charge is 0.0615 e. The lowest BCUT2D eigenvalue weighted by atomic mass is 10.1. The molecule has 0 aliphatic carbocycles. The fraction of sp³-hybridized carbons (Fsp3) is 1.00. The van der Waals surface area contributed by atoms with Gasteiger partial charge in [-0.2, -0.15) is 0 Å². The molecule has 3 unspecified atom stereocenters. The van der Waals surface area contributed by atoms with E-state index in [0.29, 0.717) is 12.1 Å². The highest BCUT2D eigenvalue weighted by Gasteiger charge is 2.19. The van der Waals surface area contributed by atoms with Crippen molar-refractivity contribution >= 4 is 0 Å². The van der Waals surface area contributed by atoms with E-state index in [1.807, 2.05) is 0 Å². The van der Waals surface area contributed by atoms with Crippen LogP contribution in [-0.4, -0.2) is 43.8 Å². The third-order valence-electron chi connectivity index (χ3n) is 2.84. The van der Waals surface area contributed by atoms with E-state index < -0.39 is 0 Å². The van der Waals surface area contributed by atoms with Crippen molar-refractivity contribution in [1.82, 2.24) is 4.90 Å². The molecule has 0 aliphatic heterocycles. The lowest BCUT2D eigenvalue weighted by molar-refractivity contribution is 0.0855. The summed E-state index contributed by atoms with van der Waals surface area (Å²) in [5, 5.41) is 0. The molecule has 0 fully saturated rings. The van der Waals surface area contributed by atoms with Gasteiger partial charge in [-0.3, -0.25) is 4.90 Å². The largest absolute Gasteiger partial charge is 0.383 e. The fourth-order valence-corrected chi connectivity index (χ4v) is 1.40. The Bertz CT molecular complexity index is 130. The summed E-state index contributed by atoms with van der Waals surface area (Å²) in [5.74, 6) is 0. The second-order valence-corrected chi connectivity index (χ2v) is 3.78. The highest BCUT2D eigenvalue weighted by atomic mass is 16.5. The molecule has 0 aromatic carbocycles. The Kier molecular flexibility index (Phi) is 6.29. The second-order valence-electron chi connectivity index (χ2n) is 3.78.